The van der Waals surface area contributed by atoms with Crippen LogP contribution in [0.4, 0.5) is 0 Å². The summed E-state index contributed by atoms with van der Waals surface area (Å²) in [6.45, 7) is 5.91. The van der Waals surface area contributed by atoms with Crippen LogP contribution >= 0.6 is 0 Å². The minimum Gasteiger partial charge on any atom is -0.357 e. The Hall–Kier alpha value is -1.87. The predicted octanol–water partition coefficient (Wildman–Crippen LogP) is 3.62. The number of rotatable bonds is 1. The van der Waals surface area contributed by atoms with Crippen molar-refractivity contribution in [1.82, 2.24) is 9.88 Å². The lowest BCUT2D eigenvalue weighted by atomic mass is 9.78. The molecule has 4 rings (SSSR count). The first kappa shape index (κ1) is 13.8. The molecule has 2 aliphatic heterocycles. The molecule has 1 fully saturated rings. The second kappa shape index (κ2) is 5.10. The summed E-state index contributed by atoms with van der Waals surface area (Å²) in [5, 5.41) is 1.34. The van der Waals surface area contributed by atoms with E-state index in [9.17, 15) is 4.79 Å². The van der Waals surface area contributed by atoms with Crippen LogP contribution in [0.3, 0.4) is 0 Å². The topological polar surface area (TPSA) is 36.1 Å². The summed E-state index contributed by atoms with van der Waals surface area (Å²) in [7, 11) is 0. The molecule has 3 nitrogen and oxygen atoms in total. The van der Waals surface area contributed by atoms with Gasteiger partial charge in [0.05, 0.1) is 6.04 Å². The third-order valence-electron chi connectivity index (χ3n) is 5.38. The number of carbonyl (C=O) groups excluding carboxylic acids is 1. The van der Waals surface area contributed by atoms with Crippen LogP contribution in [-0.2, 0) is 11.2 Å². The minimum atomic E-state index is 0.0867. The molecule has 3 heteroatoms. The Kier molecular flexibility index (Phi) is 3.19. The first-order chi connectivity index (χ1) is 10.7. The number of piperidine rings is 1. The number of aromatic amines is 1. The molecule has 22 heavy (non-hydrogen) atoms. The second-order valence-corrected chi connectivity index (χ2v) is 6.49. The highest BCUT2D eigenvalue weighted by atomic mass is 16.1. The normalized spacial score (nSPS) is 26.9. The second-order valence-electron chi connectivity index (χ2n) is 6.49. The van der Waals surface area contributed by atoms with Crippen LogP contribution in [0.5, 0.6) is 0 Å². The molecule has 0 aliphatic carbocycles. The Labute approximate surface area is 131 Å². The summed E-state index contributed by atoms with van der Waals surface area (Å²) >= 11 is 0. The molecule has 2 unspecified atom stereocenters. The van der Waals surface area contributed by atoms with Crippen molar-refractivity contribution in [3.8, 4) is 0 Å². The number of allylic oxidation sites excluding steroid dienone is 1. The molecule has 114 valence electrons. The molecular weight excluding hydrogens is 272 g/mol. The zero-order chi connectivity index (χ0) is 15.3. The molecule has 1 saturated heterocycles. The van der Waals surface area contributed by atoms with Crippen LogP contribution in [0, 0.1) is 5.92 Å². The average Bonchev–Trinajstić information content (AvgIpc) is 2.92. The number of fused-ring (bicyclic) bond motifs is 5. The largest absolute Gasteiger partial charge is 0.357 e. The summed E-state index contributed by atoms with van der Waals surface area (Å²) in [4.78, 5) is 18.2. The number of benzene rings is 1. The number of para-hydroxylation sites is 1. The van der Waals surface area contributed by atoms with Crippen molar-refractivity contribution in [2.24, 2.45) is 5.92 Å². The van der Waals surface area contributed by atoms with Crippen LogP contribution in [0.15, 0.2) is 35.9 Å². The van der Waals surface area contributed by atoms with Crippen molar-refractivity contribution in [2.45, 2.75) is 32.7 Å². The van der Waals surface area contributed by atoms with Gasteiger partial charge in [-0.15, -0.1) is 0 Å². The first-order valence-corrected chi connectivity index (χ1v) is 8.20. The zero-order valence-electron chi connectivity index (χ0n) is 13.2. The van der Waals surface area contributed by atoms with E-state index < -0.39 is 0 Å². The summed E-state index contributed by atoms with van der Waals surface area (Å²) in [5.41, 5.74) is 5.26. The number of nitrogens with zero attached hydrogens (tertiary/aromatic N) is 1. The minimum absolute atomic E-state index is 0.0867. The number of aromatic nitrogens is 1. The van der Waals surface area contributed by atoms with E-state index >= 15 is 0 Å². The van der Waals surface area contributed by atoms with Gasteiger partial charge in [0.15, 0.2) is 0 Å². The monoisotopic (exact) mass is 294 g/mol. The molecule has 3 heterocycles. The van der Waals surface area contributed by atoms with Gasteiger partial charge in [-0.1, -0.05) is 24.3 Å². The highest BCUT2D eigenvalue weighted by molar-refractivity contribution is 5.86. The average molecular weight is 294 g/mol. The number of nitrogens with one attached hydrogen (secondary N) is 1. The Bertz CT molecular complexity index is 771. The molecular formula is C19H22N2O. The van der Waals surface area contributed by atoms with Crippen molar-refractivity contribution >= 4 is 16.7 Å². The van der Waals surface area contributed by atoms with Gasteiger partial charge in [-0.25, -0.2) is 0 Å². The van der Waals surface area contributed by atoms with Crippen molar-refractivity contribution in [3.63, 3.8) is 0 Å². The van der Waals surface area contributed by atoms with Crippen LogP contribution in [0.1, 0.15) is 37.6 Å². The van der Waals surface area contributed by atoms with Gasteiger partial charge in [0.25, 0.3) is 0 Å². The maximum Gasteiger partial charge on any atom is 0.137 e. The number of hydrogen-bond donors (Lipinski definition) is 1. The standard InChI is InChI=1S/C19H22N2O/c1-3-13-14(12(2)22)8-10-21-11-9-16-15-6-4-5-7-17(15)20-18(16)19(13)21/h3-7,14,19-20H,8-11H2,1-2H3. The molecule has 1 N–H and O–H groups in total. The molecule has 0 saturated carbocycles. The number of ketones is 1. The van der Waals surface area contributed by atoms with Crippen molar-refractivity contribution in [1.29, 1.82) is 0 Å². The number of hydrogen-bond acceptors (Lipinski definition) is 2. The molecule has 1 aromatic heterocycles. The van der Waals surface area contributed by atoms with Crippen molar-refractivity contribution in [2.75, 3.05) is 13.1 Å². The van der Waals surface area contributed by atoms with Crippen LogP contribution in [0.2, 0.25) is 0 Å². The first-order valence-electron chi connectivity index (χ1n) is 8.20. The third kappa shape index (κ3) is 1.88. The fourth-order valence-corrected chi connectivity index (χ4v) is 4.36. The van der Waals surface area contributed by atoms with E-state index in [0.717, 1.165) is 25.9 Å². The fourth-order valence-electron chi connectivity index (χ4n) is 4.36. The summed E-state index contributed by atoms with van der Waals surface area (Å²) < 4.78 is 0. The van der Waals surface area contributed by atoms with Gasteiger partial charge in [-0.3, -0.25) is 9.69 Å². The molecule has 2 aromatic rings. The molecule has 2 aliphatic rings. The van der Waals surface area contributed by atoms with Gasteiger partial charge in [-0.05, 0) is 43.9 Å². The molecule has 0 bridgehead atoms. The van der Waals surface area contributed by atoms with Crippen molar-refractivity contribution in [3.05, 3.63) is 47.2 Å². The maximum absolute atomic E-state index is 12.1. The molecule has 1 aromatic carbocycles. The molecule has 0 amide bonds. The molecule has 0 spiro atoms. The lowest BCUT2D eigenvalue weighted by Gasteiger charge is -2.43. The highest BCUT2D eigenvalue weighted by Gasteiger charge is 2.39. The van der Waals surface area contributed by atoms with Gasteiger partial charge in [0.2, 0.25) is 0 Å². The smallest absolute Gasteiger partial charge is 0.137 e. The van der Waals surface area contributed by atoms with E-state index in [4.69, 9.17) is 0 Å². The number of H-pyrrole nitrogens is 1. The Morgan fingerprint density at radius 3 is 2.91 bits per heavy atom. The predicted molar refractivity (Wildman–Crippen MR) is 88.9 cm³/mol. The number of carbonyl (C=O) groups is 1. The third-order valence-corrected chi connectivity index (χ3v) is 5.38. The zero-order valence-corrected chi connectivity index (χ0v) is 13.2. The lowest BCUT2D eigenvalue weighted by Crippen LogP contribution is -2.44. The van der Waals surface area contributed by atoms with Gasteiger partial charge >= 0.3 is 0 Å². The Morgan fingerprint density at radius 1 is 1.32 bits per heavy atom. The van der Waals surface area contributed by atoms with Gasteiger partial charge in [-0.2, -0.15) is 0 Å². The van der Waals surface area contributed by atoms with Crippen molar-refractivity contribution < 1.29 is 4.79 Å². The highest BCUT2D eigenvalue weighted by Crippen LogP contribution is 2.44. The van der Waals surface area contributed by atoms with E-state index in [1.165, 1.54) is 27.7 Å². The quantitative estimate of drug-likeness (QED) is 0.815. The van der Waals surface area contributed by atoms with Gasteiger partial charge < -0.3 is 4.98 Å². The van der Waals surface area contributed by atoms with E-state index in [2.05, 4.69) is 47.1 Å². The summed E-state index contributed by atoms with van der Waals surface area (Å²) in [5.74, 6) is 0.389. The van der Waals surface area contributed by atoms with E-state index in [0.29, 0.717) is 5.78 Å². The Morgan fingerprint density at radius 2 is 2.14 bits per heavy atom. The van der Waals surface area contributed by atoms with E-state index in [-0.39, 0.29) is 12.0 Å². The molecule has 2 atom stereocenters. The van der Waals surface area contributed by atoms with Gasteiger partial charge in [0.1, 0.15) is 5.78 Å². The summed E-state index contributed by atoms with van der Waals surface area (Å²) in [6.07, 6.45) is 4.22. The van der Waals surface area contributed by atoms with Gasteiger partial charge in [0, 0.05) is 35.6 Å². The Balaban J connectivity index is 1.88. The summed E-state index contributed by atoms with van der Waals surface area (Å²) in [6, 6.07) is 8.81. The van der Waals surface area contributed by atoms with Crippen LogP contribution < -0.4 is 0 Å². The molecule has 0 radical (unpaired) electrons. The SMILES string of the molecule is CC=C1C(C(C)=O)CCN2CCc3c([nH]c4ccccc34)C12. The van der Waals surface area contributed by atoms with Crippen LogP contribution in [-0.4, -0.2) is 28.8 Å². The lowest BCUT2D eigenvalue weighted by molar-refractivity contribution is -0.120. The fraction of sp³-hybridized carbons (Fsp3) is 0.421. The van der Waals surface area contributed by atoms with E-state index in [1.807, 2.05) is 0 Å². The van der Waals surface area contributed by atoms with Crippen LogP contribution in [0.25, 0.3) is 10.9 Å². The maximum atomic E-state index is 12.1. The van der Waals surface area contributed by atoms with E-state index in [1.54, 1.807) is 6.92 Å². The number of Topliss-reactive ketones (excluding diaryl/α,β-unsaturated/α-hetero) is 1.